The predicted octanol–water partition coefficient (Wildman–Crippen LogP) is 0.250. The maximum atomic E-state index is 8.99. The van der Waals surface area contributed by atoms with Crippen LogP contribution in [0.3, 0.4) is 0 Å². The average Bonchev–Trinajstić information content (AvgIpc) is 1.94. The molecule has 1 aliphatic carbocycles. The van der Waals surface area contributed by atoms with Crippen molar-refractivity contribution in [1.82, 2.24) is 0 Å². The molecule has 0 aromatic heterocycles. The van der Waals surface area contributed by atoms with E-state index in [9.17, 15) is 0 Å². The van der Waals surface area contributed by atoms with Crippen molar-refractivity contribution < 1.29 is 33.3 Å². The van der Waals surface area contributed by atoms with Crippen LogP contribution in [0.15, 0.2) is 0 Å². The van der Waals surface area contributed by atoms with Crippen LogP contribution in [0, 0.1) is 0 Å². The standard InChI is InChI=1S/C6H12N2.H2O3Se.Pt/c7-5-3-1-2-4-6(5)8;1-4(2)3;/h5-8H,1-4H2;(H2,1,2,3);/q-2;;+4/p+2. The van der Waals surface area contributed by atoms with Gasteiger partial charge in [0.1, 0.15) is 0 Å². The van der Waals surface area contributed by atoms with Crippen LogP contribution >= 0.6 is 0 Å². The molecule has 2 atom stereocenters. The van der Waals surface area contributed by atoms with E-state index in [0.29, 0.717) is 0 Å². The summed E-state index contributed by atoms with van der Waals surface area (Å²) in [5.74, 6) is 0. The first kappa shape index (κ1) is 16.3. The number of nitrogens with one attached hydrogen (secondary N) is 2. The molecule has 1 rings (SSSR count). The summed E-state index contributed by atoms with van der Waals surface area (Å²) in [5.41, 5.74) is 14.6. The Kier molecular flexibility index (Phi) is 11.8. The molecular weight excluding hydrogens is 422 g/mol. The Morgan fingerprint density at radius 2 is 1.31 bits per heavy atom. The summed E-state index contributed by atoms with van der Waals surface area (Å²) in [5, 5.41) is 0. The minimum absolute atomic E-state index is 0. The summed E-state index contributed by atoms with van der Waals surface area (Å²) in [7, 11) is 0. The maximum Gasteiger partial charge on any atom is 4.00 e. The third-order valence-corrected chi connectivity index (χ3v) is 1.77. The summed E-state index contributed by atoms with van der Waals surface area (Å²) in [6, 6.07) is -0.160. The van der Waals surface area contributed by atoms with Crippen LogP contribution in [-0.2, 0) is 24.9 Å². The molecule has 2 unspecified atom stereocenters. The van der Waals surface area contributed by atoms with Gasteiger partial charge < -0.3 is 11.5 Å². The molecule has 5 nitrogen and oxygen atoms in total. The monoisotopic (exact) mass is 439 g/mol. The van der Waals surface area contributed by atoms with Gasteiger partial charge in [-0.15, -0.1) is 0 Å². The van der Waals surface area contributed by atoms with Gasteiger partial charge in [-0.2, -0.15) is 12.1 Å². The van der Waals surface area contributed by atoms with Crippen molar-refractivity contribution in [3.63, 3.8) is 0 Å². The topological polar surface area (TPSA) is 110 Å². The maximum absolute atomic E-state index is 8.99. The van der Waals surface area contributed by atoms with Crippen LogP contribution in [0.1, 0.15) is 25.7 Å². The minimum Gasteiger partial charge on any atom is -0.676 e. The first-order chi connectivity index (χ1) is 5.54. The van der Waals surface area contributed by atoms with Crippen molar-refractivity contribution in [1.29, 1.82) is 0 Å². The van der Waals surface area contributed by atoms with Gasteiger partial charge in [0, 0.05) is 0 Å². The average molecular weight is 438 g/mol. The number of rotatable bonds is 0. The van der Waals surface area contributed by atoms with E-state index in [1.807, 2.05) is 0 Å². The molecule has 1 saturated carbocycles. The largest absolute Gasteiger partial charge is 4.00 e. The third kappa shape index (κ3) is 10.8. The van der Waals surface area contributed by atoms with Gasteiger partial charge >= 0.3 is 47.8 Å². The van der Waals surface area contributed by atoms with Crippen molar-refractivity contribution in [2.75, 3.05) is 0 Å². The fourth-order valence-electron chi connectivity index (χ4n) is 1.13. The number of hydrogen-bond acceptors (Lipinski definition) is 1. The van der Waals surface area contributed by atoms with E-state index in [1.54, 1.807) is 0 Å². The molecule has 0 radical (unpaired) electrons. The van der Waals surface area contributed by atoms with Crippen LogP contribution in [0.4, 0.5) is 0 Å². The Bertz CT molecular complexity index is 136. The molecule has 80 valence electrons. The molecule has 0 aromatic carbocycles. The Morgan fingerprint density at radius 1 is 1.08 bits per heavy atom. The summed E-state index contributed by atoms with van der Waals surface area (Å²) in [4.78, 5) is 0. The van der Waals surface area contributed by atoms with E-state index >= 15 is 0 Å². The zero-order chi connectivity index (χ0) is 9.56. The summed E-state index contributed by atoms with van der Waals surface area (Å²) < 4.78 is 20.6. The SMILES string of the molecule is O=[Se]([OH2+])[OH2+].[NH-]C1CCCCC1[NH-].[Pt+4]. The van der Waals surface area contributed by atoms with E-state index in [4.69, 9.17) is 23.7 Å². The minimum atomic E-state index is -2.79. The summed E-state index contributed by atoms with van der Waals surface area (Å²) >= 11 is -2.79. The quantitative estimate of drug-likeness (QED) is 0.392. The Morgan fingerprint density at radius 3 is 1.46 bits per heavy atom. The van der Waals surface area contributed by atoms with Crippen LogP contribution < -0.4 is 0 Å². The van der Waals surface area contributed by atoms with Gasteiger partial charge in [-0.05, 0) is 0 Å². The molecule has 13 heavy (non-hydrogen) atoms. The van der Waals surface area contributed by atoms with Crippen molar-refractivity contribution in [2.45, 2.75) is 37.8 Å². The second-order valence-electron chi connectivity index (χ2n) is 2.77. The molecule has 0 saturated heterocycles. The molecule has 0 aromatic rings. The zero-order valence-corrected chi connectivity index (χ0v) is 11.1. The van der Waals surface area contributed by atoms with Gasteiger partial charge in [-0.3, -0.25) is 0 Å². The fourth-order valence-corrected chi connectivity index (χ4v) is 1.13. The second kappa shape index (κ2) is 9.40. The van der Waals surface area contributed by atoms with Crippen LogP contribution in [0.25, 0.3) is 11.5 Å². The van der Waals surface area contributed by atoms with E-state index < -0.39 is 14.5 Å². The van der Waals surface area contributed by atoms with E-state index in [-0.39, 0.29) is 33.1 Å². The van der Waals surface area contributed by atoms with Gasteiger partial charge in [0.05, 0.1) is 0 Å². The fraction of sp³-hybridized carbons (Fsp3) is 1.00. The first-order valence-electron chi connectivity index (χ1n) is 3.80. The molecular formula is C6H16N2O3PtSe+4. The van der Waals surface area contributed by atoms with Gasteiger partial charge in [0.15, 0.2) is 0 Å². The second-order valence-corrected chi connectivity index (χ2v) is 3.89. The van der Waals surface area contributed by atoms with Crippen LogP contribution in [0.2, 0.25) is 0 Å². The van der Waals surface area contributed by atoms with Crippen molar-refractivity contribution in [3.8, 4) is 0 Å². The predicted molar refractivity (Wildman–Crippen MR) is 48.4 cm³/mol. The zero-order valence-electron chi connectivity index (χ0n) is 7.12. The van der Waals surface area contributed by atoms with E-state index in [2.05, 4.69) is 0 Å². The Labute approximate surface area is 96.9 Å². The van der Waals surface area contributed by atoms with Crippen molar-refractivity contribution >= 4 is 14.5 Å². The summed E-state index contributed by atoms with van der Waals surface area (Å²) in [6.45, 7) is 0. The van der Waals surface area contributed by atoms with Crippen molar-refractivity contribution in [2.24, 2.45) is 0 Å². The smallest absolute Gasteiger partial charge is 0.676 e. The van der Waals surface area contributed by atoms with Crippen molar-refractivity contribution in [3.05, 3.63) is 11.5 Å². The Hall–Kier alpha value is 0.848. The molecule has 0 amide bonds. The van der Waals surface area contributed by atoms with E-state index in [1.165, 1.54) is 12.8 Å². The molecule has 7 heteroatoms. The van der Waals surface area contributed by atoms with Gasteiger partial charge in [0.2, 0.25) is 0 Å². The molecule has 1 fully saturated rings. The third-order valence-electron chi connectivity index (χ3n) is 1.77. The molecule has 0 aliphatic heterocycles. The van der Waals surface area contributed by atoms with E-state index in [0.717, 1.165) is 12.8 Å². The summed E-state index contributed by atoms with van der Waals surface area (Å²) in [6.07, 6.45) is 4.25. The molecule has 0 heterocycles. The van der Waals surface area contributed by atoms with Crippen LogP contribution in [0.5, 0.6) is 0 Å². The normalized spacial score (nSPS) is 27.2. The first-order valence-corrected chi connectivity index (χ1v) is 6.21. The van der Waals surface area contributed by atoms with Gasteiger partial charge in [-0.1, -0.05) is 25.7 Å². The van der Waals surface area contributed by atoms with Gasteiger partial charge in [-0.25, -0.2) is 0 Å². The Balaban J connectivity index is 0. The molecule has 6 N–H and O–H groups in total. The number of hydrogen-bond donors (Lipinski definition) is 0. The molecule has 0 bridgehead atoms. The molecule has 0 spiro atoms. The molecule has 1 aliphatic rings. The van der Waals surface area contributed by atoms with Crippen LogP contribution in [-0.4, -0.2) is 35.0 Å². The van der Waals surface area contributed by atoms with Gasteiger partial charge in [0.25, 0.3) is 0 Å².